The summed E-state index contributed by atoms with van der Waals surface area (Å²) in [5.41, 5.74) is 6.07. The summed E-state index contributed by atoms with van der Waals surface area (Å²) in [6.45, 7) is 0. The van der Waals surface area contributed by atoms with Crippen molar-refractivity contribution in [3.8, 4) is 12.1 Å². The van der Waals surface area contributed by atoms with Crippen molar-refractivity contribution < 1.29 is 9.18 Å². The number of nitrogens with two attached hydrogens (primary N) is 1. The van der Waals surface area contributed by atoms with Gasteiger partial charge in [-0.25, -0.2) is 4.39 Å². The molecule has 0 radical (unpaired) electrons. The zero-order valence-electron chi connectivity index (χ0n) is 12.1. The second-order valence-corrected chi connectivity index (χ2v) is 6.07. The lowest BCUT2D eigenvalue weighted by Gasteiger charge is -2.25. The summed E-state index contributed by atoms with van der Waals surface area (Å²) in [5.74, 6) is -1.55. The van der Waals surface area contributed by atoms with Crippen LogP contribution in [0.25, 0.3) is 0 Å². The van der Waals surface area contributed by atoms with E-state index in [-0.39, 0.29) is 17.5 Å². The van der Waals surface area contributed by atoms with E-state index >= 15 is 0 Å². The minimum Gasteiger partial charge on any atom is -0.386 e. The molecule has 1 aromatic rings. The number of halogens is 1. The average Bonchev–Trinajstić information content (AvgIpc) is 2.53. The number of anilines is 1. The van der Waals surface area contributed by atoms with Crippen LogP contribution in [-0.2, 0) is 4.79 Å². The zero-order valence-corrected chi connectivity index (χ0v) is 12.9. The molecular weight excluding hydrogens is 317 g/mol. The molecule has 0 aliphatic carbocycles. The van der Waals surface area contributed by atoms with Crippen molar-refractivity contribution in [3.63, 3.8) is 0 Å². The molecule has 8 heteroatoms. The van der Waals surface area contributed by atoms with Crippen LogP contribution in [-0.4, -0.2) is 22.9 Å². The third-order valence-electron chi connectivity index (χ3n) is 3.28. The van der Waals surface area contributed by atoms with E-state index < -0.39 is 23.0 Å². The van der Waals surface area contributed by atoms with Crippen LogP contribution in [0.3, 0.4) is 0 Å². The SMILES string of the molecule is N#CC1CC(C#N)C(SCC(=O)Nc2cccc(F)c2)N=C1N. The predicted octanol–water partition coefficient (Wildman–Crippen LogP) is 1.86. The molecule has 0 spiro atoms. The lowest BCUT2D eigenvalue weighted by atomic mass is 9.92. The first-order chi connectivity index (χ1) is 11.0. The summed E-state index contributed by atoms with van der Waals surface area (Å²) in [5, 5.41) is 20.2. The van der Waals surface area contributed by atoms with Gasteiger partial charge >= 0.3 is 0 Å². The molecule has 23 heavy (non-hydrogen) atoms. The van der Waals surface area contributed by atoms with Gasteiger partial charge in [0.2, 0.25) is 5.91 Å². The van der Waals surface area contributed by atoms with Crippen LogP contribution in [0.2, 0.25) is 0 Å². The third kappa shape index (κ3) is 4.44. The van der Waals surface area contributed by atoms with Crippen molar-refractivity contribution >= 4 is 29.2 Å². The second-order valence-electron chi connectivity index (χ2n) is 4.97. The highest BCUT2D eigenvalue weighted by Gasteiger charge is 2.32. The fourth-order valence-corrected chi connectivity index (χ4v) is 3.13. The van der Waals surface area contributed by atoms with Crippen LogP contribution >= 0.6 is 11.8 Å². The van der Waals surface area contributed by atoms with Gasteiger partial charge in [-0.05, 0) is 24.6 Å². The van der Waals surface area contributed by atoms with Gasteiger partial charge in [0, 0.05) is 5.69 Å². The number of amides is 1. The molecule has 0 aromatic heterocycles. The van der Waals surface area contributed by atoms with Gasteiger partial charge in [0.1, 0.15) is 22.9 Å². The number of nitrogens with zero attached hydrogens (tertiary/aromatic N) is 3. The highest BCUT2D eigenvalue weighted by Crippen LogP contribution is 2.30. The summed E-state index contributed by atoms with van der Waals surface area (Å²) >= 11 is 1.17. The van der Waals surface area contributed by atoms with E-state index in [0.717, 1.165) is 0 Å². The number of aliphatic imine (C=N–C) groups is 1. The van der Waals surface area contributed by atoms with Crippen LogP contribution < -0.4 is 11.1 Å². The molecule has 1 amide bonds. The Bertz CT molecular complexity index is 709. The Morgan fingerprint density at radius 3 is 2.91 bits per heavy atom. The van der Waals surface area contributed by atoms with Crippen molar-refractivity contribution in [1.29, 1.82) is 10.5 Å². The summed E-state index contributed by atoms with van der Waals surface area (Å²) in [4.78, 5) is 16.0. The molecule has 1 aromatic carbocycles. The first-order valence-electron chi connectivity index (χ1n) is 6.83. The summed E-state index contributed by atoms with van der Waals surface area (Å²) in [6, 6.07) is 9.70. The predicted molar refractivity (Wildman–Crippen MR) is 85.7 cm³/mol. The van der Waals surface area contributed by atoms with Gasteiger partial charge in [0.15, 0.2) is 0 Å². The topological polar surface area (TPSA) is 115 Å². The molecule has 0 fully saturated rings. The van der Waals surface area contributed by atoms with E-state index in [0.29, 0.717) is 12.1 Å². The highest BCUT2D eigenvalue weighted by molar-refractivity contribution is 8.00. The van der Waals surface area contributed by atoms with Crippen molar-refractivity contribution in [2.24, 2.45) is 22.6 Å². The van der Waals surface area contributed by atoms with E-state index in [9.17, 15) is 9.18 Å². The fourth-order valence-electron chi connectivity index (χ4n) is 2.13. The molecule has 2 rings (SSSR count). The minimum absolute atomic E-state index is 0.0490. The van der Waals surface area contributed by atoms with Crippen LogP contribution in [0.5, 0.6) is 0 Å². The van der Waals surface area contributed by atoms with E-state index in [1.165, 1.54) is 30.0 Å². The van der Waals surface area contributed by atoms with Crippen LogP contribution in [0.4, 0.5) is 10.1 Å². The fraction of sp³-hybridized carbons (Fsp3) is 0.333. The summed E-state index contributed by atoms with van der Waals surface area (Å²) in [7, 11) is 0. The molecule has 3 unspecified atom stereocenters. The number of benzene rings is 1. The van der Waals surface area contributed by atoms with Crippen molar-refractivity contribution in [3.05, 3.63) is 30.1 Å². The van der Waals surface area contributed by atoms with Gasteiger partial charge in [0.25, 0.3) is 0 Å². The van der Waals surface area contributed by atoms with E-state index in [1.807, 2.05) is 6.07 Å². The lowest BCUT2D eigenvalue weighted by molar-refractivity contribution is -0.113. The number of carbonyl (C=O) groups excluding carboxylic acids is 1. The molecule has 118 valence electrons. The number of carbonyl (C=O) groups is 1. The highest BCUT2D eigenvalue weighted by atomic mass is 32.2. The number of nitrogens with one attached hydrogen (secondary N) is 1. The maximum atomic E-state index is 13.1. The molecule has 3 atom stereocenters. The molecule has 1 heterocycles. The molecule has 0 bridgehead atoms. The first kappa shape index (κ1) is 16.8. The molecule has 3 N–H and O–H groups in total. The number of nitriles is 2. The van der Waals surface area contributed by atoms with Crippen molar-refractivity contribution in [1.82, 2.24) is 0 Å². The maximum Gasteiger partial charge on any atom is 0.234 e. The van der Waals surface area contributed by atoms with Gasteiger partial charge in [-0.2, -0.15) is 10.5 Å². The standard InChI is InChI=1S/C15H14FN5OS/c16-11-2-1-3-12(5-11)20-13(22)8-23-15-10(7-18)4-9(6-17)14(19)21-15/h1-3,5,9-10,15H,4,8H2,(H2,19,21)(H,20,22). The lowest BCUT2D eigenvalue weighted by Crippen LogP contribution is -2.35. The molecule has 6 nitrogen and oxygen atoms in total. The van der Waals surface area contributed by atoms with Gasteiger partial charge in [-0.15, -0.1) is 11.8 Å². The molecular formula is C15H14FN5OS. The zero-order chi connectivity index (χ0) is 16.8. The van der Waals surface area contributed by atoms with Gasteiger partial charge in [0.05, 0.1) is 23.8 Å². The minimum atomic E-state index is -0.558. The van der Waals surface area contributed by atoms with Gasteiger partial charge in [-0.3, -0.25) is 9.79 Å². The largest absolute Gasteiger partial charge is 0.386 e. The number of rotatable bonds is 4. The molecule has 1 aliphatic rings. The molecule has 0 saturated carbocycles. The Morgan fingerprint density at radius 2 is 2.26 bits per heavy atom. The second kappa shape index (κ2) is 7.61. The van der Waals surface area contributed by atoms with E-state index in [4.69, 9.17) is 16.3 Å². The Labute approximate surface area is 137 Å². The van der Waals surface area contributed by atoms with Crippen molar-refractivity contribution in [2.45, 2.75) is 11.8 Å². The Hall–Kier alpha value is -2.58. The van der Waals surface area contributed by atoms with Crippen LogP contribution in [0.1, 0.15) is 6.42 Å². The van der Waals surface area contributed by atoms with E-state index in [2.05, 4.69) is 16.4 Å². The van der Waals surface area contributed by atoms with Crippen LogP contribution in [0.15, 0.2) is 29.3 Å². The third-order valence-corrected chi connectivity index (χ3v) is 4.49. The molecule has 0 saturated heterocycles. The molecule has 1 aliphatic heterocycles. The average molecular weight is 331 g/mol. The number of amidine groups is 1. The van der Waals surface area contributed by atoms with Crippen LogP contribution in [0, 0.1) is 40.3 Å². The van der Waals surface area contributed by atoms with E-state index in [1.54, 1.807) is 6.07 Å². The quantitative estimate of drug-likeness (QED) is 0.874. The Kier molecular flexibility index (Phi) is 5.56. The maximum absolute atomic E-state index is 13.1. The number of hydrogen-bond donors (Lipinski definition) is 2. The van der Waals surface area contributed by atoms with Gasteiger partial charge in [-0.1, -0.05) is 6.07 Å². The van der Waals surface area contributed by atoms with Crippen molar-refractivity contribution in [2.75, 3.05) is 11.1 Å². The summed E-state index contributed by atoms with van der Waals surface area (Å²) < 4.78 is 13.1. The number of hydrogen-bond acceptors (Lipinski definition) is 6. The Balaban J connectivity index is 1.94. The smallest absolute Gasteiger partial charge is 0.234 e. The Morgan fingerprint density at radius 1 is 1.48 bits per heavy atom. The monoisotopic (exact) mass is 331 g/mol. The van der Waals surface area contributed by atoms with Gasteiger partial charge < -0.3 is 11.1 Å². The summed E-state index contributed by atoms with van der Waals surface area (Å²) in [6.07, 6.45) is 0.311. The normalized spacial score (nSPS) is 23.3. The number of thioether (sulfide) groups is 1. The first-order valence-corrected chi connectivity index (χ1v) is 7.87.